The van der Waals surface area contributed by atoms with E-state index < -0.39 is 0 Å². The quantitative estimate of drug-likeness (QED) is 0.162. The van der Waals surface area contributed by atoms with E-state index >= 15 is 0 Å². The van der Waals surface area contributed by atoms with Gasteiger partial charge < -0.3 is 9.38 Å². The third-order valence-corrected chi connectivity index (χ3v) is 9.24. The number of hydrogen-bond acceptors (Lipinski definition) is 1. The monoisotopic (exact) mass is 577 g/mol. The maximum absolute atomic E-state index is 6.39. The molecule has 41 heavy (non-hydrogen) atoms. The molecule has 0 saturated carbocycles. The third-order valence-electron chi connectivity index (χ3n) is 8.77. The second-order valence-electron chi connectivity index (χ2n) is 11.0. The van der Waals surface area contributed by atoms with Crippen LogP contribution in [0.1, 0.15) is 26.3 Å². The maximum atomic E-state index is 6.39. The summed E-state index contributed by atoms with van der Waals surface area (Å²) in [5.41, 5.74) is 4.65. The van der Waals surface area contributed by atoms with Gasteiger partial charge in [-0.25, -0.2) is 0 Å². The van der Waals surface area contributed by atoms with Gasteiger partial charge in [-0.2, -0.15) is 0 Å². The molecule has 0 aliphatic carbocycles. The molecule has 2 nitrogen and oxygen atoms in total. The Bertz CT molecular complexity index is 1780. The molecule has 6 aromatic rings. The van der Waals surface area contributed by atoms with Gasteiger partial charge in [0.2, 0.25) is 0 Å². The third kappa shape index (κ3) is 5.53. The minimum absolute atomic E-state index is 0.737. The molecule has 0 bridgehead atoms. The zero-order chi connectivity index (χ0) is 28.6. The average molecular weight is 579 g/mol. The van der Waals surface area contributed by atoms with Crippen molar-refractivity contribution in [2.45, 2.75) is 27.3 Å². The van der Waals surface area contributed by atoms with Crippen molar-refractivity contribution < 1.29 is 4.48 Å². The molecule has 0 atom stereocenters. The lowest BCUT2D eigenvalue weighted by molar-refractivity contribution is -0.936. The molecule has 0 heterocycles. The highest BCUT2D eigenvalue weighted by Crippen LogP contribution is 2.39. The smallest absolute Gasteiger partial charge is 0.104 e. The molecule has 0 aliphatic heterocycles. The molecule has 0 unspecified atom stereocenters. The summed E-state index contributed by atoms with van der Waals surface area (Å²) in [4.78, 5) is 2.33. The first-order chi connectivity index (χ1) is 19.9. The van der Waals surface area contributed by atoms with Crippen molar-refractivity contribution in [3.05, 3.63) is 125 Å². The van der Waals surface area contributed by atoms with Crippen molar-refractivity contribution in [2.75, 3.05) is 24.5 Å². The summed E-state index contributed by atoms with van der Waals surface area (Å²) in [6.45, 7) is 11.4. The first kappa shape index (κ1) is 27.6. The topological polar surface area (TPSA) is 3.24 Å². The zero-order valence-electron chi connectivity index (χ0n) is 23.9. The van der Waals surface area contributed by atoms with Crippen LogP contribution in [-0.4, -0.2) is 24.1 Å². The maximum Gasteiger partial charge on any atom is 0.104 e. The summed E-state index contributed by atoms with van der Waals surface area (Å²) in [5.74, 6) is 0. The lowest BCUT2D eigenvalue weighted by atomic mass is 10.0. The van der Waals surface area contributed by atoms with Crippen molar-refractivity contribution in [1.29, 1.82) is 0 Å². The van der Waals surface area contributed by atoms with E-state index in [2.05, 4.69) is 111 Å². The largest absolute Gasteiger partial charge is 0.321 e. The summed E-state index contributed by atoms with van der Waals surface area (Å²) < 4.78 is 1.09. The average Bonchev–Trinajstić information content (AvgIpc) is 2.99. The molecular formula is C37H35Cl2N2+. The Morgan fingerprint density at radius 3 is 1.29 bits per heavy atom. The molecule has 4 heteroatoms. The van der Waals surface area contributed by atoms with Crippen LogP contribution in [0.5, 0.6) is 0 Å². The highest BCUT2D eigenvalue weighted by atomic mass is 35.5. The van der Waals surface area contributed by atoms with Crippen LogP contribution in [0.4, 0.5) is 17.1 Å². The van der Waals surface area contributed by atoms with E-state index in [0.29, 0.717) is 0 Å². The van der Waals surface area contributed by atoms with Gasteiger partial charge in [0, 0.05) is 32.7 Å². The lowest BCUT2D eigenvalue weighted by Gasteiger charge is -2.36. The molecule has 6 aromatic carbocycles. The van der Waals surface area contributed by atoms with E-state index in [-0.39, 0.29) is 0 Å². The normalized spacial score (nSPS) is 11.9. The highest BCUT2D eigenvalue weighted by molar-refractivity contribution is 6.31. The van der Waals surface area contributed by atoms with Crippen LogP contribution in [0.2, 0.25) is 10.0 Å². The number of anilines is 3. The van der Waals surface area contributed by atoms with Crippen LogP contribution < -0.4 is 4.90 Å². The second-order valence-corrected chi connectivity index (χ2v) is 11.9. The van der Waals surface area contributed by atoms with Gasteiger partial charge in [0.25, 0.3) is 0 Å². The summed E-state index contributed by atoms with van der Waals surface area (Å²) in [5, 5.41) is 8.52. The summed E-state index contributed by atoms with van der Waals surface area (Å²) in [7, 11) is 0. The molecule has 0 saturated heterocycles. The predicted octanol–water partition coefficient (Wildman–Crippen LogP) is 11.3. The molecule has 206 valence electrons. The van der Waals surface area contributed by atoms with Gasteiger partial charge in [-0.05, 0) is 120 Å². The predicted molar refractivity (Wildman–Crippen MR) is 179 cm³/mol. The number of benzene rings is 6. The van der Waals surface area contributed by atoms with Crippen LogP contribution in [0.15, 0.2) is 109 Å². The van der Waals surface area contributed by atoms with Crippen molar-refractivity contribution in [3.8, 4) is 0 Å². The van der Waals surface area contributed by atoms with E-state index in [9.17, 15) is 0 Å². The molecule has 0 aliphatic rings. The van der Waals surface area contributed by atoms with Gasteiger partial charge in [0.15, 0.2) is 0 Å². The Labute approximate surface area is 252 Å². The summed E-state index contributed by atoms with van der Waals surface area (Å²) in [6, 6.07) is 39.0. The minimum atomic E-state index is 0.737. The Balaban J connectivity index is 1.51. The molecular weight excluding hydrogens is 543 g/mol. The summed E-state index contributed by atoms with van der Waals surface area (Å²) >= 11 is 12.8. The van der Waals surface area contributed by atoms with E-state index in [1.54, 1.807) is 0 Å². The van der Waals surface area contributed by atoms with Crippen molar-refractivity contribution >= 4 is 72.6 Å². The van der Waals surface area contributed by atoms with Crippen molar-refractivity contribution in [2.24, 2.45) is 0 Å². The summed E-state index contributed by atoms with van der Waals surface area (Å²) in [6.07, 6.45) is 0. The minimum Gasteiger partial charge on any atom is -0.321 e. The SMILES string of the molecule is CC[N+](CC)(CC)Cc1ccc2ccc(N(c3ccc4ccc(Cl)cc4c3)c3ccc4ccc(Cl)cc4c3)cc2c1. The lowest BCUT2D eigenvalue weighted by Crippen LogP contribution is -2.46. The standard InChI is InChI=1S/C37H35Cl2N2/c1-4-41(5-2,6-3)25-26-7-8-27-11-16-35(22-30(27)19-26)40(36-17-12-28-9-14-33(38)20-31(28)23-36)37-18-13-29-10-15-34(39)21-32(29)24-37/h7-24H,4-6,25H2,1-3H3/q+1. The number of halogens is 2. The molecule has 0 aromatic heterocycles. The fourth-order valence-corrected chi connectivity index (χ4v) is 6.41. The number of rotatable bonds is 8. The first-order valence-electron chi connectivity index (χ1n) is 14.5. The van der Waals surface area contributed by atoms with Gasteiger partial charge in [0.05, 0.1) is 19.6 Å². The van der Waals surface area contributed by atoms with Crippen LogP contribution in [0.25, 0.3) is 32.3 Å². The second kappa shape index (κ2) is 11.4. The van der Waals surface area contributed by atoms with Crippen molar-refractivity contribution in [1.82, 2.24) is 0 Å². The van der Waals surface area contributed by atoms with Crippen LogP contribution in [-0.2, 0) is 6.54 Å². The molecule has 6 rings (SSSR count). The van der Waals surface area contributed by atoms with E-state index in [0.717, 1.165) is 79.3 Å². The number of nitrogens with zero attached hydrogens (tertiary/aromatic N) is 2. The molecule has 0 N–H and O–H groups in total. The molecule has 0 spiro atoms. The first-order valence-corrected chi connectivity index (χ1v) is 15.2. The van der Waals surface area contributed by atoms with Gasteiger partial charge in [-0.1, -0.05) is 65.7 Å². The van der Waals surface area contributed by atoms with Gasteiger partial charge in [-0.15, -0.1) is 0 Å². The Morgan fingerprint density at radius 1 is 0.463 bits per heavy atom. The van der Waals surface area contributed by atoms with Crippen molar-refractivity contribution in [3.63, 3.8) is 0 Å². The molecule has 0 amide bonds. The van der Waals surface area contributed by atoms with E-state index in [4.69, 9.17) is 23.2 Å². The van der Waals surface area contributed by atoms with Crippen LogP contribution >= 0.6 is 23.2 Å². The molecule has 0 radical (unpaired) electrons. The van der Waals surface area contributed by atoms with E-state index in [1.165, 1.54) is 16.3 Å². The fraction of sp³-hybridized carbons (Fsp3) is 0.189. The number of hydrogen-bond donors (Lipinski definition) is 0. The van der Waals surface area contributed by atoms with Gasteiger partial charge in [-0.3, -0.25) is 0 Å². The molecule has 0 fully saturated rings. The number of fused-ring (bicyclic) bond motifs is 3. The van der Waals surface area contributed by atoms with Gasteiger partial charge in [0.1, 0.15) is 6.54 Å². The Hall–Kier alpha value is -3.56. The fourth-order valence-electron chi connectivity index (χ4n) is 6.05. The Kier molecular flexibility index (Phi) is 7.66. The van der Waals surface area contributed by atoms with Crippen LogP contribution in [0, 0.1) is 0 Å². The Morgan fingerprint density at radius 2 is 0.854 bits per heavy atom. The van der Waals surface area contributed by atoms with Gasteiger partial charge >= 0.3 is 0 Å². The van der Waals surface area contributed by atoms with Crippen LogP contribution in [0.3, 0.4) is 0 Å². The number of quaternary nitrogens is 1. The van der Waals surface area contributed by atoms with E-state index in [1.807, 2.05) is 24.3 Å². The zero-order valence-corrected chi connectivity index (χ0v) is 25.4. The highest BCUT2D eigenvalue weighted by Gasteiger charge is 2.21.